The Bertz CT molecular complexity index is 1010. The Morgan fingerprint density at radius 1 is 0.868 bits per heavy atom. The monoisotopic (exact) mass is 553 g/mol. The molecule has 2 aliphatic rings. The molecule has 0 saturated carbocycles. The van der Waals surface area contributed by atoms with Crippen molar-refractivity contribution in [2.24, 2.45) is 0 Å². The van der Waals surface area contributed by atoms with Crippen LogP contribution in [0, 0.1) is 0 Å². The van der Waals surface area contributed by atoms with Gasteiger partial charge in [-0.25, -0.2) is 0 Å². The van der Waals surface area contributed by atoms with E-state index < -0.39 is 60.4 Å². The minimum atomic E-state index is -1.37. The maximum atomic E-state index is 13.4. The van der Waals surface area contributed by atoms with Gasteiger partial charge in [0.05, 0.1) is 11.1 Å². The number of benzene rings is 1. The largest absolute Gasteiger partial charge is 0.463 e. The molecule has 0 aliphatic carbocycles. The Kier molecular flexibility index (Phi) is 10.6. The molecule has 1 saturated heterocycles. The number of unbranched alkanes of at least 4 members (excludes halogenated alkanes) is 3. The summed E-state index contributed by atoms with van der Waals surface area (Å²) in [4.78, 5) is 63.5. The number of hydrogen-bond donors (Lipinski definition) is 0. The van der Waals surface area contributed by atoms with Crippen LogP contribution in [0.15, 0.2) is 24.3 Å². The van der Waals surface area contributed by atoms with Gasteiger partial charge in [0.25, 0.3) is 11.8 Å². The lowest BCUT2D eigenvalue weighted by Gasteiger charge is -2.47. The first-order valence-electron chi connectivity index (χ1n) is 12.4. The normalized spacial score (nSPS) is 24.6. The molecule has 0 spiro atoms. The SMILES string of the molecule is CC(=O)OC[C@H]1O[C@@H](OCCCCCCCl)[C@H](N2C(=O)c3ccccc3C2=O)[C@@H](OC(C)=O)[C@@H]1OC(C)=O. The first-order valence-corrected chi connectivity index (χ1v) is 13.0. The number of imide groups is 1. The Balaban J connectivity index is 1.99. The van der Waals surface area contributed by atoms with Crippen LogP contribution in [0.3, 0.4) is 0 Å². The Morgan fingerprint density at radius 2 is 1.45 bits per heavy atom. The first kappa shape index (κ1) is 29.5. The summed E-state index contributed by atoms with van der Waals surface area (Å²) in [6.45, 7) is 3.33. The highest BCUT2D eigenvalue weighted by atomic mass is 35.5. The van der Waals surface area contributed by atoms with Crippen molar-refractivity contribution < 1.29 is 47.7 Å². The number of esters is 3. The lowest BCUT2D eigenvalue weighted by Crippen LogP contribution is -2.67. The standard InChI is InChI=1S/C26H32ClNO10/c1-15(29)35-14-20-22(36-16(2)30)23(37-17(3)31)21(26(38-20)34-13-9-5-4-8-12-27)28-24(32)18-10-6-7-11-19(18)25(28)33/h6-7,10-11,20-23,26H,4-5,8-9,12-14H2,1-3H3/t20-,21-,22-,23-,26-/m1/s1. The minimum absolute atomic E-state index is 0.171. The summed E-state index contributed by atoms with van der Waals surface area (Å²) >= 11 is 5.73. The van der Waals surface area contributed by atoms with Crippen LogP contribution in [0.25, 0.3) is 0 Å². The highest BCUT2D eigenvalue weighted by Crippen LogP contribution is 2.35. The summed E-state index contributed by atoms with van der Waals surface area (Å²) in [6.07, 6.45) is -1.88. The molecular weight excluding hydrogens is 522 g/mol. The topological polar surface area (TPSA) is 135 Å². The van der Waals surface area contributed by atoms with E-state index in [9.17, 15) is 24.0 Å². The quantitative estimate of drug-likeness (QED) is 0.125. The van der Waals surface area contributed by atoms with Crippen molar-refractivity contribution in [1.29, 1.82) is 0 Å². The molecule has 0 bridgehead atoms. The van der Waals surface area contributed by atoms with Gasteiger partial charge in [-0.05, 0) is 25.0 Å². The summed E-state index contributed by atoms with van der Waals surface area (Å²) in [6, 6.07) is 4.98. The van der Waals surface area contributed by atoms with Gasteiger partial charge in [0.2, 0.25) is 0 Å². The third-order valence-corrected chi connectivity index (χ3v) is 6.37. The molecule has 0 aromatic heterocycles. The highest BCUT2D eigenvalue weighted by Gasteiger charge is 2.57. The molecule has 0 unspecified atom stereocenters. The molecule has 0 N–H and O–H groups in total. The molecule has 2 heterocycles. The van der Waals surface area contributed by atoms with Crippen molar-refractivity contribution in [3.63, 3.8) is 0 Å². The maximum Gasteiger partial charge on any atom is 0.303 e. The number of halogens is 1. The molecule has 12 heteroatoms. The van der Waals surface area contributed by atoms with Gasteiger partial charge in [-0.2, -0.15) is 0 Å². The number of amides is 2. The fourth-order valence-corrected chi connectivity index (χ4v) is 4.71. The van der Waals surface area contributed by atoms with E-state index in [0.717, 1.165) is 38.0 Å². The van der Waals surface area contributed by atoms with Crippen LogP contribution >= 0.6 is 11.6 Å². The Labute approximate surface area is 225 Å². The zero-order chi connectivity index (χ0) is 27.8. The zero-order valence-corrected chi connectivity index (χ0v) is 22.3. The third-order valence-electron chi connectivity index (χ3n) is 6.10. The number of carbonyl (C=O) groups excluding carboxylic acids is 5. The van der Waals surface area contributed by atoms with Crippen molar-refractivity contribution in [3.8, 4) is 0 Å². The second-order valence-electron chi connectivity index (χ2n) is 8.98. The number of carbonyl (C=O) groups is 5. The van der Waals surface area contributed by atoms with Gasteiger partial charge in [0.15, 0.2) is 18.5 Å². The van der Waals surface area contributed by atoms with Gasteiger partial charge in [-0.3, -0.25) is 28.9 Å². The Hall–Kier alpha value is -3.02. The summed E-state index contributed by atoms with van der Waals surface area (Å²) in [5.74, 6) is -2.81. The van der Waals surface area contributed by atoms with E-state index >= 15 is 0 Å². The van der Waals surface area contributed by atoms with Crippen LogP contribution < -0.4 is 0 Å². The van der Waals surface area contributed by atoms with Crippen LogP contribution in [0.2, 0.25) is 0 Å². The summed E-state index contributed by atoms with van der Waals surface area (Å²) < 4.78 is 28.2. The molecule has 2 aliphatic heterocycles. The van der Waals surface area contributed by atoms with E-state index in [4.69, 9.17) is 35.3 Å². The fraction of sp³-hybridized carbons (Fsp3) is 0.577. The molecule has 11 nitrogen and oxygen atoms in total. The first-order chi connectivity index (χ1) is 18.1. The van der Waals surface area contributed by atoms with Crippen LogP contribution in [-0.2, 0) is 38.1 Å². The molecule has 3 rings (SSSR count). The maximum absolute atomic E-state index is 13.4. The van der Waals surface area contributed by atoms with Gasteiger partial charge in [0, 0.05) is 33.3 Å². The third kappa shape index (κ3) is 7.09. The van der Waals surface area contributed by atoms with Crippen molar-refractivity contribution in [2.45, 2.75) is 77.1 Å². The zero-order valence-electron chi connectivity index (χ0n) is 21.6. The van der Waals surface area contributed by atoms with Gasteiger partial charge < -0.3 is 23.7 Å². The average molecular weight is 554 g/mol. The Morgan fingerprint density at radius 3 is 2.00 bits per heavy atom. The summed E-state index contributed by atoms with van der Waals surface area (Å²) in [5, 5.41) is 0. The van der Waals surface area contributed by atoms with Crippen molar-refractivity contribution in [3.05, 3.63) is 35.4 Å². The molecule has 0 radical (unpaired) electrons. The van der Waals surface area contributed by atoms with Crippen LogP contribution in [0.1, 0.15) is 67.2 Å². The molecule has 1 aromatic rings. The van der Waals surface area contributed by atoms with Crippen molar-refractivity contribution in [2.75, 3.05) is 19.1 Å². The van der Waals surface area contributed by atoms with Crippen molar-refractivity contribution in [1.82, 2.24) is 4.90 Å². The van der Waals surface area contributed by atoms with Crippen molar-refractivity contribution >= 4 is 41.3 Å². The fourth-order valence-electron chi connectivity index (χ4n) is 4.52. The minimum Gasteiger partial charge on any atom is -0.463 e. The van der Waals surface area contributed by atoms with Gasteiger partial charge in [-0.15, -0.1) is 11.6 Å². The van der Waals surface area contributed by atoms with Crippen LogP contribution in [-0.4, -0.2) is 84.4 Å². The van der Waals surface area contributed by atoms with Crippen LogP contribution in [0.5, 0.6) is 0 Å². The second kappa shape index (κ2) is 13.7. The van der Waals surface area contributed by atoms with E-state index in [1.807, 2.05) is 0 Å². The molecule has 38 heavy (non-hydrogen) atoms. The molecular formula is C26H32ClNO10. The lowest BCUT2D eigenvalue weighted by atomic mass is 9.94. The van der Waals surface area contributed by atoms with E-state index in [1.165, 1.54) is 19.1 Å². The summed E-state index contributed by atoms with van der Waals surface area (Å²) in [5.41, 5.74) is 0.343. The smallest absolute Gasteiger partial charge is 0.303 e. The summed E-state index contributed by atoms with van der Waals surface area (Å²) in [7, 11) is 0. The number of nitrogens with zero attached hydrogens (tertiary/aromatic N) is 1. The molecule has 2 amide bonds. The average Bonchev–Trinajstić information content (AvgIpc) is 3.11. The van der Waals surface area contributed by atoms with Crippen LogP contribution in [0.4, 0.5) is 0 Å². The van der Waals surface area contributed by atoms with Gasteiger partial charge in [0.1, 0.15) is 18.8 Å². The number of alkyl halides is 1. The van der Waals surface area contributed by atoms with E-state index in [0.29, 0.717) is 12.3 Å². The molecule has 208 valence electrons. The molecule has 5 atom stereocenters. The van der Waals surface area contributed by atoms with E-state index in [2.05, 4.69) is 0 Å². The number of hydrogen-bond acceptors (Lipinski definition) is 10. The predicted molar refractivity (Wildman–Crippen MR) is 132 cm³/mol. The highest BCUT2D eigenvalue weighted by molar-refractivity contribution is 6.21. The lowest BCUT2D eigenvalue weighted by molar-refractivity contribution is -0.286. The van der Waals surface area contributed by atoms with Gasteiger partial charge in [-0.1, -0.05) is 25.0 Å². The molecule has 1 aromatic carbocycles. The molecule has 1 fully saturated rings. The number of ether oxygens (including phenoxy) is 5. The number of rotatable bonds is 12. The van der Waals surface area contributed by atoms with Gasteiger partial charge >= 0.3 is 17.9 Å². The van der Waals surface area contributed by atoms with E-state index in [1.54, 1.807) is 12.1 Å². The second-order valence-corrected chi connectivity index (χ2v) is 9.36. The predicted octanol–water partition coefficient (Wildman–Crippen LogP) is 2.62. The van der Waals surface area contributed by atoms with E-state index in [-0.39, 0.29) is 24.3 Å². The number of fused-ring (bicyclic) bond motifs is 1.